The Morgan fingerprint density at radius 2 is 0.848 bits per heavy atom. The molecule has 0 saturated carbocycles. The fraction of sp³-hybridized carbons (Fsp3) is 0. The van der Waals surface area contributed by atoms with E-state index in [-0.39, 0.29) is 0 Å². The van der Waals surface area contributed by atoms with Crippen LogP contribution in [0.3, 0.4) is 0 Å². The first kappa shape index (κ1) is 25.1. The first-order valence-electron chi connectivity index (χ1n) is 15.5. The monoisotopic (exact) mass is 590 g/mol. The van der Waals surface area contributed by atoms with E-state index in [4.69, 9.17) is 9.47 Å². The van der Waals surface area contributed by atoms with Gasteiger partial charge in [-0.2, -0.15) is 0 Å². The SMILES string of the molecule is c1ccc(-n2c3ccccc3c3cc(-n4c5ccccc5c5ccc(-c6ccc7c(c6)Oc6ccccc6O7)cc54)ccc32)cc1. The number of fused-ring (bicyclic) bond motifs is 8. The number of para-hydroxylation sites is 5. The number of hydrogen-bond acceptors (Lipinski definition) is 2. The highest BCUT2D eigenvalue weighted by atomic mass is 16.6. The quantitative estimate of drug-likeness (QED) is 0.205. The second-order valence-electron chi connectivity index (χ2n) is 11.8. The number of nitrogens with zero attached hydrogens (tertiary/aromatic N) is 2. The summed E-state index contributed by atoms with van der Waals surface area (Å²) in [6.07, 6.45) is 0. The number of rotatable bonds is 3. The summed E-state index contributed by atoms with van der Waals surface area (Å²) in [5.41, 5.74) is 9.20. The van der Waals surface area contributed by atoms with Crippen LogP contribution in [0.15, 0.2) is 158 Å². The minimum atomic E-state index is 0.720. The molecule has 7 aromatic carbocycles. The van der Waals surface area contributed by atoms with Gasteiger partial charge < -0.3 is 18.6 Å². The van der Waals surface area contributed by atoms with Gasteiger partial charge in [-0.3, -0.25) is 0 Å². The van der Waals surface area contributed by atoms with Gasteiger partial charge in [0.15, 0.2) is 23.0 Å². The Hall–Kier alpha value is -6.26. The Balaban J connectivity index is 1.17. The fourth-order valence-electron chi connectivity index (χ4n) is 7.09. The highest BCUT2D eigenvalue weighted by molar-refractivity contribution is 6.12. The Bertz CT molecular complexity index is 2650. The Labute approximate surface area is 264 Å². The van der Waals surface area contributed by atoms with Crippen molar-refractivity contribution < 1.29 is 9.47 Å². The van der Waals surface area contributed by atoms with Crippen molar-refractivity contribution >= 4 is 43.6 Å². The second-order valence-corrected chi connectivity index (χ2v) is 11.8. The molecule has 0 spiro atoms. The van der Waals surface area contributed by atoms with Crippen molar-refractivity contribution in [1.29, 1.82) is 0 Å². The predicted octanol–water partition coefficient (Wildman–Crippen LogP) is 11.4. The highest BCUT2D eigenvalue weighted by Crippen LogP contribution is 2.47. The summed E-state index contributed by atoms with van der Waals surface area (Å²) < 4.78 is 17.1. The topological polar surface area (TPSA) is 28.3 Å². The number of benzene rings is 7. The van der Waals surface area contributed by atoms with Crippen molar-refractivity contribution in [2.75, 3.05) is 0 Å². The van der Waals surface area contributed by atoms with Crippen LogP contribution in [0.2, 0.25) is 0 Å². The lowest BCUT2D eigenvalue weighted by molar-refractivity contribution is 0.360. The number of aromatic nitrogens is 2. The molecule has 0 atom stereocenters. The summed E-state index contributed by atoms with van der Waals surface area (Å²) in [7, 11) is 0. The molecule has 46 heavy (non-hydrogen) atoms. The largest absolute Gasteiger partial charge is 0.450 e. The Morgan fingerprint density at radius 1 is 0.304 bits per heavy atom. The molecule has 4 heteroatoms. The maximum absolute atomic E-state index is 6.25. The third kappa shape index (κ3) is 3.67. The average molecular weight is 591 g/mol. The van der Waals surface area contributed by atoms with Crippen LogP contribution in [-0.4, -0.2) is 9.13 Å². The molecule has 9 aromatic rings. The van der Waals surface area contributed by atoms with Crippen LogP contribution in [0, 0.1) is 0 Å². The molecule has 0 radical (unpaired) electrons. The summed E-state index contributed by atoms with van der Waals surface area (Å²) >= 11 is 0. The van der Waals surface area contributed by atoms with E-state index < -0.39 is 0 Å². The van der Waals surface area contributed by atoms with Crippen LogP contribution >= 0.6 is 0 Å². The van der Waals surface area contributed by atoms with Crippen LogP contribution < -0.4 is 9.47 Å². The first-order chi connectivity index (χ1) is 22.8. The average Bonchev–Trinajstić information content (AvgIpc) is 3.63. The molecule has 1 aliphatic rings. The molecule has 4 nitrogen and oxygen atoms in total. The standard InChI is InChI=1S/C42H26N2O2/c1-2-10-29(11-3-1)43-36-15-7-5-13-32(36)34-26-30(20-22-37(34)43)44-35-14-6-4-12-31(35)33-21-18-27(24-38(33)44)28-19-23-41-42(25-28)46-40-17-9-8-16-39(40)45-41/h1-26H. The lowest BCUT2D eigenvalue weighted by Gasteiger charge is -2.21. The number of ether oxygens (including phenoxy) is 2. The summed E-state index contributed by atoms with van der Waals surface area (Å²) in [4.78, 5) is 0. The van der Waals surface area contributed by atoms with Gasteiger partial charge in [-0.15, -0.1) is 0 Å². The zero-order valence-corrected chi connectivity index (χ0v) is 24.7. The van der Waals surface area contributed by atoms with Crippen molar-refractivity contribution in [3.63, 3.8) is 0 Å². The Morgan fingerprint density at radius 3 is 1.63 bits per heavy atom. The van der Waals surface area contributed by atoms with Gasteiger partial charge in [0, 0.05) is 32.9 Å². The number of hydrogen-bond donors (Lipinski definition) is 0. The molecule has 0 bridgehead atoms. The molecule has 0 N–H and O–H groups in total. The van der Waals surface area contributed by atoms with Crippen LogP contribution in [-0.2, 0) is 0 Å². The third-order valence-corrected chi connectivity index (χ3v) is 9.17. The van der Waals surface area contributed by atoms with Crippen LogP contribution in [0.1, 0.15) is 0 Å². The summed E-state index contributed by atoms with van der Waals surface area (Å²) in [6.45, 7) is 0. The van der Waals surface area contributed by atoms with Crippen LogP contribution in [0.4, 0.5) is 0 Å². The van der Waals surface area contributed by atoms with Crippen LogP contribution in [0.25, 0.3) is 66.1 Å². The van der Waals surface area contributed by atoms with E-state index in [0.29, 0.717) is 0 Å². The Kier molecular flexibility index (Phi) is 5.25. The minimum Gasteiger partial charge on any atom is -0.450 e. The normalized spacial score (nSPS) is 12.3. The summed E-state index contributed by atoms with van der Waals surface area (Å²) in [6, 6.07) is 55.5. The molecule has 0 aliphatic carbocycles. The van der Waals surface area contributed by atoms with Crippen molar-refractivity contribution in [2.24, 2.45) is 0 Å². The van der Waals surface area contributed by atoms with Crippen molar-refractivity contribution in [2.45, 2.75) is 0 Å². The minimum absolute atomic E-state index is 0.720. The summed E-state index contributed by atoms with van der Waals surface area (Å²) in [5.74, 6) is 2.90. The van der Waals surface area contributed by atoms with E-state index in [2.05, 4.69) is 137 Å². The van der Waals surface area contributed by atoms with Crippen molar-refractivity contribution in [1.82, 2.24) is 9.13 Å². The van der Waals surface area contributed by atoms with Gasteiger partial charge >= 0.3 is 0 Å². The van der Waals surface area contributed by atoms with Gasteiger partial charge in [-0.1, -0.05) is 84.9 Å². The second kappa shape index (κ2) is 9.62. The van der Waals surface area contributed by atoms with E-state index in [1.807, 2.05) is 30.3 Å². The maximum atomic E-state index is 6.25. The lowest BCUT2D eigenvalue weighted by Crippen LogP contribution is -1.98. The van der Waals surface area contributed by atoms with Gasteiger partial charge in [0.2, 0.25) is 0 Å². The highest BCUT2D eigenvalue weighted by Gasteiger charge is 2.20. The first-order valence-corrected chi connectivity index (χ1v) is 15.5. The molecule has 0 amide bonds. The van der Waals surface area contributed by atoms with Gasteiger partial charge in [-0.25, -0.2) is 0 Å². The van der Waals surface area contributed by atoms with Gasteiger partial charge in [-0.05, 0) is 83.9 Å². The predicted molar refractivity (Wildman–Crippen MR) is 187 cm³/mol. The fourth-order valence-corrected chi connectivity index (χ4v) is 7.09. The van der Waals surface area contributed by atoms with Crippen molar-refractivity contribution in [3.8, 4) is 45.5 Å². The van der Waals surface area contributed by atoms with E-state index in [0.717, 1.165) is 51.0 Å². The molecule has 10 rings (SSSR count). The molecule has 0 fully saturated rings. The van der Waals surface area contributed by atoms with E-state index in [9.17, 15) is 0 Å². The molecule has 0 saturated heterocycles. The zero-order valence-electron chi connectivity index (χ0n) is 24.7. The van der Waals surface area contributed by atoms with Gasteiger partial charge in [0.1, 0.15) is 0 Å². The van der Waals surface area contributed by atoms with E-state index in [1.165, 1.54) is 38.1 Å². The van der Waals surface area contributed by atoms with Gasteiger partial charge in [0.25, 0.3) is 0 Å². The van der Waals surface area contributed by atoms with Crippen molar-refractivity contribution in [3.05, 3.63) is 158 Å². The summed E-state index contributed by atoms with van der Waals surface area (Å²) in [5, 5.41) is 4.92. The maximum Gasteiger partial charge on any atom is 0.170 e. The van der Waals surface area contributed by atoms with E-state index >= 15 is 0 Å². The molecular weight excluding hydrogens is 564 g/mol. The molecule has 1 aliphatic heterocycles. The molecule has 0 unspecified atom stereocenters. The van der Waals surface area contributed by atoms with Crippen LogP contribution in [0.5, 0.6) is 23.0 Å². The third-order valence-electron chi connectivity index (χ3n) is 9.17. The molecular formula is C42H26N2O2. The zero-order chi connectivity index (χ0) is 30.2. The van der Waals surface area contributed by atoms with E-state index in [1.54, 1.807) is 0 Å². The molecule has 216 valence electrons. The molecule has 3 heterocycles. The lowest BCUT2D eigenvalue weighted by atomic mass is 10.0. The molecule has 2 aromatic heterocycles. The smallest absolute Gasteiger partial charge is 0.170 e. The van der Waals surface area contributed by atoms with Gasteiger partial charge in [0.05, 0.1) is 22.1 Å².